The number of nitrogens with two attached hydrogens (primary N) is 1. The predicted molar refractivity (Wildman–Crippen MR) is 53.9 cm³/mol. The highest BCUT2D eigenvalue weighted by molar-refractivity contribution is 5.50. The van der Waals surface area contributed by atoms with E-state index in [4.69, 9.17) is 5.73 Å². The van der Waals surface area contributed by atoms with E-state index in [0.717, 1.165) is 30.8 Å². The van der Waals surface area contributed by atoms with Crippen molar-refractivity contribution >= 4 is 11.4 Å². The highest BCUT2D eigenvalue weighted by Crippen LogP contribution is 2.10. The Bertz CT molecular complexity index is 216. The van der Waals surface area contributed by atoms with E-state index < -0.39 is 0 Å². The molecule has 0 aliphatic carbocycles. The van der Waals surface area contributed by atoms with Gasteiger partial charge in [-0.2, -0.15) is 0 Å². The van der Waals surface area contributed by atoms with E-state index in [-0.39, 0.29) is 0 Å². The summed E-state index contributed by atoms with van der Waals surface area (Å²) in [5.74, 6) is 0. The second-order valence-electron chi connectivity index (χ2n) is 2.76. The summed E-state index contributed by atoms with van der Waals surface area (Å²) in [6, 6.07) is 7.76. The van der Waals surface area contributed by atoms with Crippen LogP contribution < -0.4 is 11.1 Å². The lowest BCUT2D eigenvalue weighted by molar-refractivity contribution is 0.887. The van der Waals surface area contributed by atoms with Gasteiger partial charge in [0.05, 0.1) is 0 Å². The van der Waals surface area contributed by atoms with Crippen LogP contribution in [0.25, 0.3) is 0 Å². The molecule has 1 rings (SSSR count). The summed E-state index contributed by atoms with van der Waals surface area (Å²) in [4.78, 5) is 0. The summed E-state index contributed by atoms with van der Waals surface area (Å²) in [5.41, 5.74) is 7.47. The number of nitrogen functional groups attached to an aromatic ring is 1. The van der Waals surface area contributed by atoms with Gasteiger partial charge in [0.25, 0.3) is 0 Å². The standard InChI is InChI=1S/C10H15N2/c1-2-3-8-12-10-6-4-9(11)5-7-10/h4-7,12H,1-3,8,11H2. The quantitative estimate of drug-likeness (QED) is 0.528. The van der Waals surface area contributed by atoms with Gasteiger partial charge in [-0.25, -0.2) is 0 Å². The minimum Gasteiger partial charge on any atom is -0.399 e. The maximum atomic E-state index is 5.54. The summed E-state index contributed by atoms with van der Waals surface area (Å²) in [5, 5.41) is 3.28. The Morgan fingerprint density at radius 3 is 2.50 bits per heavy atom. The molecule has 12 heavy (non-hydrogen) atoms. The summed E-state index contributed by atoms with van der Waals surface area (Å²) in [7, 11) is 0. The first-order valence-corrected chi connectivity index (χ1v) is 4.21. The topological polar surface area (TPSA) is 38.0 Å². The second-order valence-corrected chi connectivity index (χ2v) is 2.76. The molecule has 2 heteroatoms. The fraction of sp³-hybridized carbons (Fsp3) is 0.300. The lowest BCUT2D eigenvalue weighted by Crippen LogP contribution is -2.00. The molecule has 0 heterocycles. The smallest absolute Gasteiger partial charge is 0.0341 e. The van der Waals surface area contributed by atoms with Crippen LogP contribution >= 0.6 is 0 Å². The minimum absolute atomic E-state index is 0.803. The average molecular weight is 163 g/mol. The van der Waals surface area contributed by atoms with E-state index in [9.17, 15) is 0 Å². The van der Waals surface area contributed by atoms with Crippen LogP contribution in [-0.4, -0.2) is 6.54 Å². The first-order chi connectivity index (χ1) is 5.83. The van der Waals surface area contributed by atoms with Crippen LogP contribution in [0.5, 0.6) is 0 Å². The Kier molecular flexibility index (Phi) is 3.45. The third-order valence-corrected chi connectivity index (χ3v) is 1.67. The molecule has 0 atom stereocenters. The van der Waals surface area contributed by atoms with Crippen molar-refractivity contribution in [1.82, 2.24) is 0 Å². The van der Waals surface area contributed by atoms with Crippen LogP contribution in [0.3, 0.4) is 0 Å². The summed E-state index contributed by atoms with van der Waals surface area (Å²) in [6.45, 7) is 4.75. The molecular formula is C10H15N2. The van der Waals surface area contributed by atoms with Crippen molar-refractivity contribution in [1.29, 1.82) is 0 Å². The summed E-state index contributed by atoms with van der Waals surface area (Å²) >= 11 is 0. The molecule has 0 unspecified atom stereocenters. The van der Waals surface area contributed by atoms with E-state index >= 15 is 0 Å². The van der Waals surface area contributed by atoms with Crippen molar-refractivity contribution in [3.8, 4) is 0 Å². The number of hydrogen-bond donors (Lipinski definition) is 2. The van der Waals surface area contributed by atoms with Crippen molar-refractivity contribution in [2.24, 2.45) is 0 Å². The molecule has 0 aliphatic heterocycles. The zero-order chi connectivity index (χ0) is 8.81. The average Bonchev–Trinajstić information content (AvgIpc) is 2.09. The molecule has 0 spiro atoms. The first kappa shape index (κ1) is 8.91. The molecule has 0 bridgehead atoms. The second kappa shape index (κ2) is 4.65. The molecule has 0 fully saturated rings. The predicted octanol–water partition coefficient (Wildman–Crippen LogP) is 2.29. The summed E-state index contributed by atoms with van der Waals surface area (Å²) in [6.07, 6.45) is 2.08. The Hall–Kier alpha value is -1.18. The van der Waals surface area contributed by atoms with Crippen molar-refractivity contribution in [2.45, 2.75) is 12.8 Å². The summed E-state index contributed by atoms with van der Waals surface area (Å²) < 4.78 is 0. The van der Waals surface area contributed by atoms with Crippen LogP contribution in [0.1, 0.15) is 12.8 Å². The van der Waals surface area contributed by atoms with Gasteiger partial charge < -0.3 is 11.1 Å². The van der Waals surface area contributed by atoms with Gasteiger partial charge in [-0.05, 0) is 30.7 Å². The van der Waals surface area contributed by atoms with Gasteiger partial charge in [0.1, 0.15) is 0 Å². The number of nitrogens with one attached hydrogen (secondary N) is 1. The van der Waals surface area contributed by atoms with Gasteiger partial charge in [-0.15, -0.1) is 0 Å². The van der Waals surface area contributed by atoms with Gasteiger partial charge in [0, 0.05) is 17.9 Å². The molecule has 0 saturated heterocycles. The van der Waals surface area contributed by atoms with Crippen LogP contribution in [-0.2, 0) is 0 Å². The lowest BCUT2D eigenvalue weighted by atomic mass is 10.2. The monoisotopic (exact) mass is 163 g/mol. The first-order valence-electron chi connectivity index (χ1n) is 4.21. The SMILES string of the molecule is [CH2]CCCNc1ccc(N)cc1. The molecule has 1 aromatic rings. The van der Waals surface area contributed by atoms with E-state index in [1.807, 2.05) is 24.3 Å². The number of benzene rings is 1. The molecule has 0 saturated carbocycles. The molecule has 1 aromatic carbocycles. The Balaban J connectivity index is 2.37. The van der Waals surface area contributed by atoms with E-state index in [1.54, 1.807) is 0 Å². The maximum Gasteiger partial charge on any atom is 0.0341 e. The molecule has 1 radical (unpaired) electrons. The van der Waals surface area contributed by atoms with E-state index in [1.165, 1.54) is 0 Å². The van der Waals surface area contributed by atoms with Gasteiger partial charge in [0.15, 0.2) is 0 Å². The van der Waals surface area contributed by atoms with Crippen molar-refractivity contribution in [3.63, 3.8) is 0 Å². The number of unbranched alkanes of at least 4 members (excludes halogenated alkanes) is 1. The molecule has 65 valence electrons. The Morgan fingerprint density at radius 2 is 1.92 bits per heavy atom. The third-order valence-electron chi connectivity index (χ3n) is 1.67. The Labute approximate surface area is 73.8 Å². The van der Waals surface area contributed by atoms with Crippen LogP contribution in [0.2, 0.25) is 0 Å². The highest BCUT2D eigenvalue weighted by atomic mass is 14.9. The fourth-order valence-electron chi connectivity index (χ4n) is 0.959. The highest BCUT2D eigenvalue weighted by Gasteiger charge is 1.89. The van der Waals surface area contributed by atoms with Gasteiger partial charge in [-0.3, -0.25) is 0 Å². The van der Waals surface area contributed by atoms with E-state index in [2.05, 4.69) is 12.2 Å². The molecule has 0 aliphatic rings. The van der Waals surface area contributed by atoms with Crippen molar-refractivity contribution < 1.29 is 0 Å². The fourth-order valence-corrected chi connectivity index (χ4v) is 0.959. The van der Waals surface area contributed by atoms with Crippen LogP contribution in [0.15, 0.2) is 24.3 Å². The number of rotatable bonds is 4. The van der Waals surface area contributed by atoms with Crippen LogP contribution in [0.4, 0.5) is 11.4 Å². The van der Waals surface area contributed by atoms with Crippen molar-refractivity contribution in [3.05, 3.63) is 31.2 Å². The molecular weight excluding hydrogens is 148 g/mol. The number of hydrogen-bond acceptors (Lipinski definition) is 2. The van der Waals surface area contributed by atoms with Crippen LogP contribution in [0, 0.1) is 6.92 Å². The zero-order valence-corrected chi connectivity index (χ0v) is 7.22. The maximum absolute atomic E-state index is 5.54. The lowest BCUT2D eigenvalue weighted by Gasteiger charge is -2.04. The molecule has 0 aromatic heterocycles. The van der Waals surface area contributed by atoms with Gasteiger partial charge in [0.2, 0.25) is 0 Å². The minimum atomic E-state index is 0.803. The Morgan fingerprint density at radius 1 is 1.25 bits per heavy atom. The van der Waals surface area contributed by atoms with Crippen molar-refractivity contribution in [2.75, 3.05) is 17.6 Å². The normalized spacial score (nSPS) is 9.75. The number of anilines is 2. The largest absolute Gasteiger partial charge is 0.399 e. The van der Waals surface area contributed by atoms with Gasteiger partial charge in [-0.1, -0.05) is 13.3 Å². The molecule has 0 amide bonds. The third kappa shape index (κ3) is 2.82. The molecule has 3 N–H and O–H groups in total. The zero-order valence-electron chi connectivity index (χ0n) is 7.22. The van der Waals surface area contributed by atoms with Gasteiger partial charge >= 0.3 is 0 Å². The molecule has 2 nitrogen and oxygen atoms in total. The van der Waals surface area contributed by atoms with E-state index in [0.29, 0.717) is 0 Å².